The van der Waals surface area contributed by atoms with Crippen LogP contribution in [0.1, 0.15) is 12.5 Å². The summed E-state index contributed by atoms with van der Waals surface area (Å²) in [5, 5.41) is 12.7. The van der Waals surface area contributed by atoms with Crippen LogP contribution in [-0.4, -0.2) is 11.1 Å². The molecule has 0 heterocycles. The van der Waals surface area contributed by atoms with Gasteiger partial charge in [0, 0.05) is 14.6 Å². The maximum atomic E-state index is 11.7. The molecule has 1 atom stereocenters. The molecule has 0 spiro atoms. The summed E-state index contributed by atoms with van der Waals surface area (Å²) < 4.78 is 1.81. The van der Waals surface area contributed by atoms with Crippen LogP contribution >= 0.6 is 31.9 Å². The van der Waals surface area contributed by atoms with Crippen LogP contribution in [0.2, 0.25) is 0 Å². The first-order valence-electron chi connectivity index (χ1n) is 5.95. The molecule has 2 aromatic rings. The van der Waals surface area contributed by atoms with Crippen molar-refractivity contribution < 1.29 is 9.90 Å². The van der Waals surface area contributed by atoms with Crippen LogP contribution in [0.25, 0.3) is 0 Å². The van der Waals surface area contributed by atoms with Gasteiger partial charge in [-0.1, -0.05) is 50.1 Å². The molecule has 0 bridgehead atoms. The van der Waals surface area contributed by atoms with E-state index in [-0.39, 0.29) is 0 Å². The molecule has 0 radical (unpaired) electrons. The van der Waals surface area contributed by atoms with Crippen molar-refractivity contribution >= 4 is 43.5 Å². The number of carboxylic acids is 1. The highest BCUT2D eigenvalue weighted by Crippen LogP contribution is 2.28. The van der Waals surface area contributed by atoms with Gasteiger partial charge < -0.3 is 10.4 Å². The molecule has 3 nitrogen and oxygen atoms in total. The Morgan fingerprint density at radius 1 is 1.10 bits per heavy atom. The summed E-state index contributed by atoms with van der Waals surface area (Å²) in [6, 6.07) is 14.7. The number of nitrogens with one attached hydrogen (secondary N) is 1. The van der Waals surface area contributed by atoms with Crippen molar-refractivity contribution in [3.8, 4) is 0 Å². The molecular weight excluding hydrogens is 386 g/mol. The van der Waals surface area contributed by atoms with Gasteiger partial charge in [0.15, 0.2) is 5.54 Å². The van der Waals surface area contributed by atoms with Crippen molar-refractivity contribution in [2.24, 2.45) is 0 Å². The van der Waals surface area contributed by atoms with Crippen LogP contribution in [0.4, 0.5) is 5.69 Å². The fourth-order valence-corrected chi connectivity index (χ4v) is 2.55. The fourth-order valence-electron chi connectivity index (χ4n) is 1.89. The Labute approximate surface area is 134 Å². The van der Waals surface area contributed by atoms with E-state index in [0.717, 1.165) is 14.6 Å². The molecule has 2 N–H and O–H groups in total. The summed E-state index contributed by atoms with van der Waals surface area (Å²) >= 11 is 6.73. The molecule has 5 heteroatoms. The molecule has 0 saturated heterocycles. The third kappa shape index (κ3) is 3.22. The second-order valence-corrected chi connectivity index (χ2v) is 6.40. The highest BCUT2D eigenvalue weighted by atomic mass is 79.9. The summed E-state index contributed by atoms with van der Waals surface area (Å²) in [7, 11) is 0. The minimum atomic E-state index is -1.19. The number of carbonyl (C=O) groups is 1. The first-order valence-corrected chi connectivity index (χ1v) is 7.53. The second kappa shape index (κ2) is 5.97. The summed E-state index contributed by atoms with van der Waals surface area (Å²) in [5.41, 5.74) is 0.238. The number of aliphatic carboxylic acids is 1. The fraction of sp³-hybridized carbons (Fsp3) is 0.133. The average Bonchev–Trinajstić information content (AvgIpc) is 2.39. The molecule has 0 aliphatic rings. The topological polar surface area (TPSA) is 49.3 Å². The van der Waals surface area contributed by atoms with Crippen LogP contribution < -0.4 is 5.32 Å². The van der Waals surface area contributed by atoms with E-state index >= 15 is 0 Å². The van der Waals surface area contributed by atoms with Gasteiger partial charge in [0.05, 0.1) is 0 Å². The van der Waals surface area contributed by atoms with Gasteiger partial charge in [-0.05, 0) is 42.8 Å². The predicted molar refractivity (Wildman–Crippen MR) is 86.9 cm³/mol. The van der Waals surface area contributed by atoms with E-state index in [1.807, 2.05) is 36.4 Å². The molecule has 20 heavy (non-hydrogen) atoms. The first-order chi connectivity index (χ1) is 9.41. The van der Waals surface area contributed by atoms with Crippen LogP contribution in [0, 0.1) is 0 Å². The molecule has 2 aromatic carbocycles. The largest absolute Gasteiger partial charge is 0.479 e. The lowest BCUT2D eigenvalue weighted by molar-refractivity contribution is -0.142. The average molecular weight is 399 g/mol. The summed E-state index contributed by atoms with van der Waals surface area (Å²) in [6.07, 6.45) is 0. The van der Waals surface area contributed by atoms with Gasteiger partial charge in [0.2, 0.25) is 0 Å². The van der Waals surface area contributed by atoms with Gasteiger partial charge >= 0.3 is 5.97 Å². The van der Waals surface area contributed by atoms with Crippen LogP contribution in [0.15, 0.2) is 57.5 Å². The minimum Gasteiger partial charge on any atom is -0.479 e. The molecule has 1 unspecified atom stereocenters. The van der Waals surface area contributed by atoms with Crippen LogP contribution in [0.5, 0.6) is 0 Å². The van der Waals surface area contributed by atoms with Crippen molar-refractivity contribution in [1.29, 1.82) is 0 Å². The summed E-state index contributed by atoms with van der Waals surface area (Å²) in [5.74, 6) is -0.931. The lowest BCUT2D eigenvalue weighted by Gasteiger charge is -2.28. The molecule has 104 valence electrons. The van der Waals surface area contributed by atoms with Crippen molar-refractivity contribution in [3.63, 3.8) is 0 Å². The van der Waals surface area contributed by atoms with E-state index in [2.05, 4.69) is 37.2 Å². The molecule has 0 aliphatic carbocycles. The lowest BCUT2D eigenvalue weighted by atomic mass is 9.91. The standard InChI is InChI=1S/C15H13Br2NO2/c1-15(14(19)20,10-5-7-11(16)8-6-10)18-13-4-2-3-12(17)9-13/h2-9,18H,1H3,(H,19,20). The van der Waals surface area contributed by atoms with Crippen molar-refractivity contribution in [2.75, 3.05) is 5.32 Å². The zero-order chi connectivity index (χ0) is 14.8. The second-order valence-electron chi connectivity index (χ2n) is 4.57. The molecule has 0 aromatic heterocycles. The Kier molecular flexibility index (Phi) is 4.50. The van der Waals surface area contributed by atoms with Crippen LogP contribution in [-0.2, 0) is 10.3 Å². The number of hydrogen-bond donors (Lipinski definition) is 2. The van der Waals surface area contributed by atoms with Gasteiger partial charge in [0.1, 0.15) is 0 Å². The van der Waals surface area contributed by atoms with E-state index in [1.54, 1.807) is 19.1 Å². The molecule has 2 rings (SSSR count). The third-order valence-electron chi connectivity index (χ3n) is 3.07. The molecule has 0 amide bonds. The van der Waals surface area contributed by atoms with Crippen LogP contribution in [0.3, 0.4) is 0 Å². The smallest absolute Gasteiger partial charge is 0.333 e. The van der Waals surface area contributed by atoms with E-state index < -0.39 is 11.5 Å². The maximum absolute atomic E-state index is 11.7. The summed E-state index contributed by atoms with van der Waals surface area (Å²) in [6.45, 7) is 1.65. The SMILES string of the molecule is CC(Nc1cccc(Br)c1)(C(=O)O)c1ccc(Br)cc1. The normalized spacial score (nSPS) is 13.6. The summed E-state index contributed by atoms with van der Waals surface area (Å²) in [4.78, 5) is 11.7. The van der Waals surface area contributed by atoms with E-state index in [9.17, 15) is 9.90 Å². The van der Waals surface area contributed by atoms with Gasteiger partial charge in [-0.25, -0.2) is 4.79 Å². The predicted octanol–water partition coefficient (Wildman–Crippen LogP) is 4.62. The Bertz CT molecular complexity index is 628. The number of hydrogen-bond acceptors (Lipinski definition) is 2. The maximum Gasteiger partial charge on any atom is 0.333 e. The highest BCUT2D eigenvalue weighted by molar-refractivity contribution is 9.10. The van der Waals surface area contributed by atoms with Gasteiger partial charge in [0.25, 0.3) is 0 Å². The van der Waals surface area contributed by atoms with Gasteiger partial charge in [-0.2, -0.15) is 0 Å². The molecule has 0 fully saturated rings. The third-order valence-corrected chi connectivity index (χ3v) is 4.09. The van der Waals surface area contributed by atoms with E-state index in [4.69, 9.17) is 0 Å². The van der Waals surface area contributed by atoms with Crippen molar-refractivity contribution in [1.82, 2.24) is 0 Å². The Hall–Kier alpha value is -1.33. The van der Waals surface area contributed by atoms with Gasteiger partial charge in [-0.3, -0.25) is 0 Å². The molecular formula is C15H13Br2NO2. The Balaban J connectivity index is 2.39. The monoisotopic (exact) mass is 397 g/mol. The number of anilines is 1. The number of carboxylic acid groups (broad SMARTS) is 1. The Morgan fingerprint density at radius 3 is 2.30 bits per heavy atom. The van der Waals surface area contributed by atoms with Gasteiger partial charge in [-0.15, -0.1) is 0 Å². The number of rotatable bonds is 4. The minimum absolute atomic E-state index is 0.688. The highest BCUT2D eigenvalue weighted by Gasteiger charge is 2.35. The lowest BCUT2D eigenvalue weighted by Crippen LogP contribution is -2.40. The molecule has 0 aliphatic heterocycles. The van der Waals surface area contributed by atoms with E-state index in [0.29, 0.717) is 5.56 Å². The molecule has 0 saturated carbocycles. The zero-order valence-electron chi connectivity index (χ0n) is 10.7. The zero-order valence-corrected chi connectivity index (χ0v) is 13.9. The van der Waals surface area contributed by atoms with Crippen molar-refractivity contribution in [2.45, 2.75) is 12.5 Å². The number of benzene rings is 2. The number of halogens is 2. The first kappa shape index (κ1) is 15.1. The quantitative estimate of drug-likeness (QED) is 0.789. The Morgan fingerprint density at radius 2 is 1.75 bits per heavy atom. The van der Waals surface area contributed by atoms with E-state index in [1.165, 1.54) is 0 Å². The van der Waals surface area contributed by atoms with Crippen molar-refractivity contribution in [3.05, 3.63) is 63.0 Å².